The lowest BCUT2D eigenvalue weighted by atomic mass is 9.94. The molecule has 0 bridgehead atoms. The summed E-state index contributed by atoms with van der Waals surface area (Å²) in [5.41, 5.74) is 0. The topological polar surface area (TPSA) is 43.4 Å². The lowest BCUT2D eigenvalue weighted by Gasteiger charge is -2.12. The molecule has 0 saturated carbocycles. The second kappa shape index (κ2) is 6.44. The maximum absolute atomic E-state index is 13.0. The second-order valence-electron chi connectivity index (χ2n) is 6.31. The highest BCUT2D eigenvalue weighted by molar-refractivity contribution is 7.86. The van der Waals surface area contributed by atoms with E-state index in [1.165, 1.54) is 0 Å². The Kier molecular flexibility index (Phi) is 4.03. The molecule has 5 rings (SSSR count). The van der Waals surface area contributed by atoms with Crippen LogP contribution in [0.5, 0.6) is 0 Å². The molecule has 5 aromatic rings. The van der Waals surface area contributed by atoms with Crippen LogP contribution in [0.15, 0.2) is 89.8 Å². The smallest absolute Gasteiger partial charge is 0.190 e. The van der Waals surface area contributed by atoms with Crippen molar-refractivity contribution in [2.45, 2.75) is 4.90 Å². The first-order valence-electron chi connectivity index (χ1n) is 8.43. The fraction of sp³-hybridized carbons (Fsp3) is 0. The van der Waals surface area contributed by atoms with Crippen LogP contribution in [0.1, 0.15) is 0 Å². The number of hydrogen-bond donors (Lipinski definition) is 0. The molecule has 0 aliphatic heterocycles. The van der Waals surface area contributed by atoms with E-state index in [1.54, 1.807) is 6.07 Å². The zero-order valence-corrected chi connectivity index (χ0v) is 17.1. The van der Waals surface area contributed by atoms with Crippen LogP contribution < -0.4 is 21.6 Å². The third kappa shape index (κ3) is 2.86. The number of halogens is 1. The van der Waals surface area contributed by atoms with Gasteiger partial charge >= 0.3 is 31.7 Å². The first-order chi connectivity index (χ1) is 13.1. The molecular formula is C22H14IO3S+. The maximum atomic E-state index is 13.0. The van der Waals surface area contributed by atoms with Crippen LogP contribution in [0.4, 0.5) is 0 Å². The van der Waals surface area contributed by atoms with Gasteiger partial charge in [0.15, 0.2) is 0 Å². The number of hydrogen-bond acceptors (Lipinski definition) is 3. The Morgan fingerprint density at radius 3 is 2.00 bits per heavy atom. The molecule has 0 radical (unpaired) electrons. The van der Waals surface area contributed by atoms with Crippen LogP contribution in [-0.2, 0) is 12.6 Å². The summed E-state index contributed by atoms with van der Waals surface area (Å²) in [5, 5.41) is 6.05. The Bertz CT molecular complexity index is 1360. The summed E-state index contributed by atoms with van der Waals surface area (Å²) in [4.78, 5) is 0.240. The molecule has 0 heterocycles. The van der Waals surface area contributed by atoms with Gasteiger partial charge in [0.25, 0.3) is 0 Å². The number of rotatable bonds is 4. The van der Waals surface area contributed by atoms with Crippen molar-refractivity contribution in [3.63, 3.8) is 0 Å². The molecule has 0 aliphatic rings. The molecule has 3 nitrogen and oxygen atoms in total. The minimum absolute atomic E-state index is 0.240. The summed E-state index contributed by atoms with van der Waals surface area (Å²) in [7, 11) is -3.83. The van der Waals surface area contributed by atoms with Gasteiger partial charge < -0.3 is 0 Å². The van der Waals surface area contributed by atoms with Crippen LogP contribution in [0.25, 0.3) is 32.3 Å². The van der Waals surface area contributed by atoms with Crippen LogP contribution >= 0.6 is 0 Å². The highest BCUT2D eigenvalue weighted by Crippen LogP contribution is 2.37. The Hall–Kier alpha value is -2.22. The summed E-state index contributed by atoms with van der Waals surface area (Å²) in [5.74, 6) is 0. The highest BCUT2D eigenvalue weighted by atomic mass is 127. The minimum atomic E-state index is -3.83. The quantitative estimate of drug-likeness (QED) is 0.290. The van der Waals surface area contributed by atoms with E-state index in [1.807, 2.05) is 60.7 Å². The first kappa shape index (κ1) is 16.9. The van der Waals surface area contributed by atoms with E-state index in [-0.39, 0.29) is 4.90 Å². The molecule has 132 valence electrons. The average molecular weight is 485 g/mol. The molecule has 0 spiro atoms. The van der Waals surface area contributed by atoms with Gasteiger partial charge in [-0.15, -0.1) is 0 Å². The van der Waals surface area contributed by atoms with Gasteiger partial charge in [-0.3, -0.25) is 0 Å². The minimum Gasteiger partial charge on any atom is -0.190 e. The van der Waals surface area contributed by atoms with Gasteiger partial charge in [-0.1, -0.05) is 66.7 Å². The highest BCUT2D eigenvalue weighted by Gasteiger charge is 2.29. The predicted molar refractivity (Wildman–Crippen MR) is 104 cm³/mol. The fourth-order valence-electron chi connectivity index (χ4n) is 3.50. The average Bonchev–Trinajstić information content (AvgIpc) is 2.71. The van der Waals surface area contributed by atoms with Crippen molar-refractivity contribution >= 4 is 42.4 Å². The van der Waals surface area contributed by atoms with Crippen LogP contribution in [0.3, 0.4) is 0 Å². The first-order valence-corrected chi connectivity index (χ1v) is 11.8. The lowest BCUT2D eigenvalue weighted by molar-refractivity contribution is -0.837. The Labute approximate surface area is 167 Å². The summed E-state index contributed by atoms with van der Waals surface area (Å²) < 4.78 is 32.3. The van der Waals surface area contributed by atoms with Crippen molar-refractivity contribution in [2.24, 2.45) is 0 Å². The van der Waals surface area contributed by atoms with E-state index in [0.29, 0.717) is 5.39 Å². The van der Waals surface area contributed by atoms with Crippen molar-refractivity contribution in [2.75, 3.05) is 0 Å². The predicted octanol–water partition coefficient (Wildman–Crippen LogP) is 2.16. The standard InChI is InChI=1S/C22H14IO3S/c24-27(25,26-23-18-7-2-1-3-8-18)20-14-12-17-10-9-15-5-4-6-16-11-13-19(20)22(17)21(15)16/h1-14H/q+1. The largest absolute Gasteiger partial charge is 0.540 e. The molecule has 0 amide bonds. The monoisotopic (exact) mass is 485 g/mol. The van der Waals surface area contributed by atoms with Gasteiger partial charge in [0.2, 0.25) is 3.57 Å². The second-order valence-corrected chi connectivity index (χ2v) is 10.5. The van der Waals surface area contributed by atoms with Crippen LogP contribution in [0.2, 0.25) is 0 Å². The van der Waals surface area contributed by atoms with Gasteiger partial charge in [0, 0.05) is 5.39 Å². The molecule has 0 aromatic heterocycles. The number of benzene rings is 5. The van der Waals surface area contributed by atoms with Crippen LogP contribution in [0, 0.1) is 3.57 Å². The summed E-state index contributed by atoms with van der Waals surface area (Å²) in [6, 6.07) is 27.1. The van der Waals surface area contributed by atoms with Crippen molar-refractivity contribution in [1.82, 2.24) is 0 Å². The SMILES string of the molecule is O=S(=O)(O[I+]c1ccccc1)c1ccc2ccc3cccc4ccc1c2c34. The van der Waals surface area contributed by atoms with Crippen LogP contribution in [-0.4, -0.2) is 8.42 Å². The normalized spacial score (nSPS) is 12.3. The molecule has 27 heavy (non-hydrogen) atoms. The van der Waals surface area contributed by atoms with Gasteiger partial charge in [0.05, 0.1) is 0 Å². The molecule has 0 N–H and O–H groups in total. The van der Waals surface area contributed by atoms with E-state index in [4.69, 9.17) is 2.51 Å². The molecule has 0 saturated heterocycles. The summed E-state index contributed by atoms with van der Waals surface area (Å²) in [6.07, 6.45) is 0. The van der Waals surface area contributed by atoms with E-state index in [9.17, 15) is 8.42 Å². The van der Waals surface area contributed by atoms with E-state index < -0.39 is 31.7 Å². The molecular weight excluding hydrogens is 471 g/mol. The maximum Gasteiger partial charge on any atom is 0.540 e. The van der Waals surface area contributed by atoms with E-state index in [2.05, 4.69) is 18.2 Å². The van der Waals surface area contributed by atoms with E-state index >= 15 is 0 Å². The van der Waals surface area contributed by atoms with Crippen molar-refractivity contribution in [1.29, 1.82) is 0 Å². The van der Waals surface area contributed by atoms with Crippen molar-refractivity contribution < 1.29 is 32.6 Å². The summed E-state index contributed by atoms with van der Waals surface area (Å²) >= 11 is -1.08. The third-order valence-corrected chi connectivity index (χ3v) is 9.01. The Morgan fingerprint density at radius 2 is 1.26 bits per heavy atom. The van der Waals surface area contributed by atoms with Gasteiger partial charge in [-0.05, 0) is 47.6 Å². The summed E-state index contributed by atoms with van der Waals surface area (Å²) in [6.45, 7) is 0. The lowest BCUT2D eigenvalue weighted by Crippen LogP contribution is -3.61. The molecule has 5 heteroatoms. The zero-order chi connectivity index (χ0) is 18.4. The van der Waals surface area contributed by atoms with Gasteiger partial charge in [-0.2, -0.15) is 8.42 Å². The van der Waals surface area contributed by atoms with Gasteiger partial charge in [-0.25, -0.2) is 0 Å². The third-order valence-electron chi connectivity index (χ3n) is 4.69. The molecule has 5 aromatic carbocycles. The molecule has 0 atom stereocenters. The van der Waals surface area contributed by atoms with Crippen molar-refractivity contribution in [3.8, 4) is 0 Å². The van der Waals surface area contributed by atoms with E-state index in [0.717, 1.165) is 30.5 Å². The zero-order valence-electron chi connectivity index (χ0n) is 14.1. The van der Waals surface area contributed by atoms with Gasteiger partial charge in [0.1, 0.15) is 4.90 Å². The molecule has 0 aliphatic carbocycles. The molecule has 0 unspecified atom stereocenters. The molecule has 0 fully saturated rings. The Morgan fingerprint density at radius 1 is 0.630 bits per heavy atom. The Balaban J connectivity index is 1.68. The fourth-order valence-corrected chi connectivity index (χ4v) is 7.02. The van der Waals surface area contributed by atoms with Crippen molar-refractivity contribution in [3.05, 3.63) is 88.5 Å².